The first-order valence-corrected chi connectivity index (χ1v) is 5.65. The number of nitrogens with one attached hydrogen (secondary N) is 1. The second-order valence-corrected chi connectivity index (χ2v) is 4.25. The summed E-state index contributed by atoms with van der Waals surface area (Å²) in [5.74, 6) is 0.561. The minimum Gasteiger partial charge on any atom is -0.497 e. The normalized spacial score (nSPS) is 12.3. The molecule has 0 bridgehead atoms. The number of methoxy groups -OCH3 is 1. The summed E-state index contributed by atoms with van der Waals surface area (Å²) < 4.78 is 5.04. The predicted molar refractivity (Wildman–Crippen MR) is 66.2 cm³/mol. The lowest BCUT2D eigenvalue weighted by Crippen LogP contribution is -2.34. The Balaban J connectivity index is 2.57. The van der Waals surface area contributed by atoms with Crippen LogP contribution in [0.2, 0.25) is 0 Å². The summed E-state index contributed by atoms with van der Waals surface area (Å²) in [7, 11) is 1.56. The van der Waals surface area contributed by atoms with Gasteiger partial charge in [0.15, 0.2) is 0 Å². The van der Waals surface area contributed by atoms with E-state index in [1.54, 1.807) is 31.4 Å². The molecule has 17 heavy (non-hydrogen) atoms. The van der Waals surface area contributed by atoms with Crippen LogP contribution in [0.5, 0.6) is 5.75 Å². The van der Waals surface area contributed by atoms with Crippen LogP contribution < -0.4 is 10.1 Å². The van der Waals surface area contributed by atoms with Gasteiger partial charge in [-0.3, -0.25) is 4.79 Å². The first-order chi connectivity index (χ1) is 8.04. The van der Waals surface area contributed by atoms with Crippen LogP contribution in [0.3, 0.4) is 0 Å². The number of hydrogen-bond acceptors (Lipinski definition) is 3. The summed E-state index contributed by atoms with van der Waals surface area (Å²) in [6.07, 6.45) is -0.524. The molecule has 0 aromatic heterocycles. The van der Waals surface area contributed by atoms with Gasteiger partial charge in [-0.2, -0.15) is 0 Å². The van der Waals surface area contributed by atoms with Gasteiger partial charge in [0.25, 0.3) is 5.91 Å². The van der Waals surface area contributed by atoms with Gasteiger partial charge in [-0.25, -0.2) is 0 Å². The third-order valence-corrected chi connectivity index (χ3v) is 2.57. The summed E-state index contributed by atoms with van der Waals surface area (Å²) in [6, 6.07) is 6.91. The summed E-state index contributed by atoms with van der Waals surface area (Å²) >= 11 is 0. The molecule has 1 amide bonds. The van der Waals surface area contributed by atoms with Crippen molar-refractivity contribution >= 4 is 5.91 Å². The van der Waals surface area contributed by atoms with E-state index in [4.69, 9.17) is 4.74 Å². The van der Waals surface area contributed by atoms with Crippen molar-refractivity contribution in [2.75, 3.05) is 13.7 Å². The number of hydrogen-bond donors (Lipinski definition) is 2. The molecular weight excluding hydrogens is 218 g/mol. The lowest BCUT2D eigenvalue weighted by molar-refractivity contribution is 0.0871. The van der Waals surface area contributed by atoms with Gasteiger partial charge in [-0.1, -0.05) is 19.9 Å². The van der Waals surface area contributed by atoms with Crippen LogP contribution in [-0.4, -0.2) is 30.8 Å². The molecule has 0 saturated carbocycles. The highest BCUT2D eigenvalue weighted by atomic mass is 16.5. The average Bonchev–Trinajstić information content (AvgIpc) is 2.35. The van der Waals surface area contributed by atoms with E-state index in [2.05, 4.69) is 5.32 Å². The van der Waals surface area contributed by atoms with Crippen LogP contribution in [-0.2, 0) is 0 Å². The van der Waals surface area contributed by atoms with Gasteiger partial charge in [-0.15, -0.1) is 0 Å². The van der Waals surface area contributed by atoms with Crippen molar-refractivity contribution in [2.24, 2.45) is 5.92 Å². The summed E-state index contributed by atoms with van der Waals surface area (Å²) in [5, 5.41) is 12.3. The van der Waals surface area contributed by atoms with Crippen LogP contribution in [0.4, 0.5) is 0 Å². The van der Waals surface area contributed by atoms with E-state index in [9.17, 15) is 9.90 Å². The van der Waals surface area contributed by atoms with Crippen LogP contribution in [0.1, 0.15) is 24.2 Å². The zero-order chi connectivity index (χ0) is 12.8. The molecule has 0 aliphatic heterocycles. The first-order valence-electron chi connectivity index (χ1n) is 5.65. The third-order valence-electron chi connectivity index (χ3n) is 2.57. The fourth-order valence-corrected chi connectivity index (χ4v) is 1.30. The van der Waals surface area contributed by atoms with E-state index in [1.807, 2.05) is 13.8 Å². The Morgan fingerprint density at radius 1 is 1.47 bits per heavy atom. The van der Waals surface area contributed by atoms with E-state index < -0.39 is 6.10 Å². The Hall–Kier alpha value is -1.55. The van der Waals surface area contributed by atoms with E-state index in [1.165, 1.54) is 0 Å². The minimum atomic E-state index is -0.524. The van der Waals surface area contributed by atoms with Crippen LogP contribution in [0.15, 0.2) is 24.3 Å². The molecule has 1 aromatic rings. The highest BCUT2D eigenvalue weighted by Gasteiger charge is 2.12. The Labute approximate surface area is 102 Å². The summed E-state index contributed by atoms with van der Waals surface area (Å²) in [4.78, 5) is 11.8. The maximum atomic E-state index is 11.8. The van der Waals surface area contributed by atoms with Gasteiger partial charge in [-0.05, 0) is 24.1 Å². The Morgan fingerprint density at radius 3 is 2.76 bits per heavy atom. The van der Waals surface area contributed by atoms with E-state index in [0.717, 1.165) is 0 Å². The van der Waals surface area contributed by atoms with Crippen molar-refractivity contribution < 1.29 is 14.6 Å². The topological polar surface area (TPSA) is 58.6 Å². The average molecular weight is 237 g/mol. The largest absolute Gasteiger partial charge is 0.497 e. The summed E-state index contributed by atoms with van der Waals surface area (Å²) in [6.45, 7) is 4.07. The fraction of sp³-hybridized carbons (Fsp3) is 0.462. The van der Waals surface area contributed by atoms with Gasteiger partial charge < -0.3 is 15.2 Å². The fourth-order valence-electron chi connectivity index (χ4n) is 1.30. The zero-order valence-corrected chi connectivity index (χ0v) is 10.4. The minimum absolute atomic E-state index is 0.126. The molecular formula is C13H19NO3. The zero-order valence-electron chi connectivity index (χ0n) is 10.4. The Bertz CT molecular complexity index is 377. The number of rotatable bonds is 5. The molecule has 0 radical (unpaired) electrons. The highest BCUT2D eigenvalue weighted by molar-refractivity contribution is 5.94. The van der Waals surface area contributed by atoms with E-state index in [-0.39, 0.29) is 18.4 Å². The van der Waals surface area contributed by atoms with Crippen LogP contribution in [0.25, 0.3) is 0 Å². The van der Waals surface area contributed by atoms with Gasteiger partial charge in [0.2, 0.25) is 0 Å². The third kappa shape index (κ3) is 4.07. The second kappa shape index (κ2) is 6.25. The first kappa shape index (κ1) is 13.5. The number of ether oxygens (including phenoxy) is 1. The van der Waals surface area contributed by atoms with Crippen LogP contribution >= 0.6 is 0 Å². The monoisotopic (exact) mass is 237 g/mol. The Kier molecular flexibility index (Phi) is 4.97. The van der Waals surface area contributed by atoms with Crippen LogP contribution in [0, 0.1) is 5.92 Å². The lowest BCUT2D eigenvalue weighted by atomic mass is 10.1. The number of aliphatic hydroxyl groups excluding tert-OH is 1. The molecule has 1 aromatic carbocycles. The quantitative estimate of drug-likeness (QED) is 0.814. The molecule has 0 aliphatic rings. The molecule has 4 nitrogen and oxygen atoms in total. The highest BCUT2D eigenvalue weighted by Crippen LogP contribution is 2.12. The molecule has 0 fully saturated rings. The van der Waals surface area contributed by atoms with Crippen molar-refractivity contribution in [1.29, 1.82) is 0 Å². The Morgan fingerprint density at radius 2 is 2.18 bits per heavy atom. The second-order valence-electron chi connectivity index (χ2n) is 4.25. The number of aliphatic hydroxyl groups is 1. The van der Waals surface area contributed by atoms with Gasteiger partial charge >= 0.3 is 0 Å². The van der Waals surface area contributed by atoms with Gasteiger partial charge in [0.1, 0.15) is 5.75 Å². The number of amides is 1. The molecule has 0 heterocycles. The number of carbonyl (C=O) groups is 1. The molecule has 1 rings (SSSR count). The molecule has 1 atom stereocenters. The van der Waals surface area contributed by atoms with Gasteiger partial charge in [0.05, 0.1) is 13.2 Å². The van der Waals surface area contributed by atoms with E-state index in [0.29, 0.717) is 11.3 Å². The molecule has 0 spiro atoms. The maximum absolute atomic E-state index is 11.8. The van der Waals surface area contributed by atoms with Gasteiger partial charge in [0, 0.05) is 12.1 Å². The van der Waals surface area contributed by atoms with E-state index >= 15 is 0 Å². The maximum Gasteiger partial charge on any atom is 0.251 e. The molecule has 0 saturated heterocycles. The molecule has 0 aliphatic carbocycles. The molecule has 2 N–H and O–H groups in total. The molecule has 1 unspecified atom stereocenters. The smallest absolute Gasteiger partial charge is 0.251 e. The SMILES string of the molecule is COc1cccc(C(=O)NCC(O)C(C)C)c1. The number of benzene rings is 1. The standard InChI is InChI=1S/C13H19NO3/c1-9(2)12(15)8-14-13(16)10-5-4-6-11(7-10)17-3/h4-7,9,12,15H,8H2,1-3H3,(H,14,16). The van der Waals surface area contributed by atoms with Crippen molar-refractivity contribution in [1.82, 2.24) is 5.32 Å². The molecule has 94 valence electrons. The van der Waals surface area contributed by atoms with Crippen molar-refractivity contribution in [3.8, 4) is 5.75 Å². The van der Waals surface area contributed by atoms with Crippen molar-refractivity contribution in [2.45, 2.75) is 20.0 Å². The molecule has 4 heteroatoms. The lowest BCUT2D eigenvalue weighted by Gasteiger charge is -2.15. The predicted octanol–water partition coefficient (Wildman–Crippen LogP) is 1.44. The van der Waals surface area contributed by atoms with Crippen molar-refractivity contribution in [3.63, 3.8) is 0 Å². The number of carbonyl (C=O) groups excluding carboxylic acids is 1. The van der Waals surface area contributed by atoms with Crippen molar-refractivity contribution in [3.05, 3.63) is 29.8 Å². The summed E-state index contributed by atoms with van der Waals surface area (Å²) in [5.41, 5.74) is 0.528.